The Hall–Kier alpha value is -0.890. The van der Waals surface area contributed by atoms with Crippen molar-refractivity contribution in [2.45, 2.75) is 25.0 Å². The molecule has 2 aliphatic heterocycles. The van der Waals surface area contributed by atoms with Gasteiger partial charge in [0.15, 0.2) is 0 Å². The van der Waals surface area contributed by atoms with Crippen LogP contribution in [0.1, 0.15) is 12.8 Å². The Labute approximate surface area is 131 Å². The molecule has 2 aliphatic rings. The molecule has 0 aromatic heterocycles. The summed E-state index contributed by atoms with van der Waals surface area (Å²) in [6.45, 7) is 2.78. The smallest absolute Gasteiger partial charge is 0.251 e. The van der Waals surface area contributed by atoms with Crippen LogP contribution in [-0.2, 0) is 19.1 Å². The average Bonchev–Trinajstić information content (AvgIpc) is 2.96. The number of methoxy groups -OCH3 is 1. The second kappa shape index (κ2) is 8.53. The third kappa shape index (κ3) is 4.54. The highest BCUT2D eigenvalue weighted by atomic mass is 35.5. The van der Waals surface area contributed by atoms with Crippen LogP contribution in [-0.4, -0.2) is 80.3 Å². The number of hydrogen-bond acceptors (Lipinski definition) is 5. The Morgan fingerprint density at radius 1 is 1.19 bits per heavy atom. The fraction of sp³-hybridized carbons (Fsp3) is 0.846. The van der Waals surface area contributed by atoms with Gasteiger partial charge in [0.2, 0.25) is 5.91 Å². The molecule has 2 atom stereocenters. The van der Waals surface area contributed by atoms with Crippen LogP contribution < -0.4 is 5.73 Å². The number of nitrogens with two attached hydrogens (primary N) is 1. The number of nitrogens with zero attached hydrogens (tertiary/aromatic N) is 2. The summed E-state index contributed by atoms with van der Waals surface area (Å²) in [6.07, 6.45) is 1.24. The number of piperazine rings is 1. The van der Waals surface area contributed by atoms with E-state index in [1.807, 2.05) is 0 Å². The summed E-state index contributed by atoms with van der Waals surface area (Å²) >= 11 is 0. The zero-order valence-electron chi connectivity index (χ0n) is 12.3. The van der Waals surface area contributed by atoms with Gasteiger partial charge in [0.1, 0.15) is 12.7 Å². The van der Waals surface area contributed by atoms with Crippen molar-refractivity contribution in [1.82, 2.24) is 9.80 Å². The van der Waals surface area contributed by atoms with Gasteiger partial charge in [-0.2, -0.15) is 0 Å². The predicted octanol–water partition coefficient (Wildman–Crippen LogP) is -0.768. The van der Waals surface area contributed by atoms with Crippen LogP contribution >= 0.6 is 12.4 Å². The van der Waals surface area contributed by atoms with Crippen LogP contribution in [0, 0.1) is 0 Å². The first-order chi connectivity index (χ1) is 9.65. The van der Waals surface area contributed by atoms with E-state index in [9.17, 15) is 9.59 Å². The molecule has 2 rings (SSSR count). The Morgan fingerprint density at radius 3 is 2.33 bits per heavy atom. The van der Waals surface area contributed by atoms with Crippen LogP contribution in [0.3, 0.4) is 0 Å². The van der Waals surface area contributed by atoms with Gasteiger partial charge >= 0.3 is 0 Å². The molecule has 2 heterocycles. The van der Waals surface area contributed by atoms with Gasteiger partial charge in [0.05, 0.1) is 6.10 Å². The fourth-order valence-corrected chi connectivity index (χ4v) is 2.66. The molecule has 0 spiro atoms. The molecule has 0 unspecified atom stereocenters. The Balaban J connectivity index is 0.00000220. The summed E-state index contributed by atoms with van der Waals surface area (Å²) < 4.78 is 10.5. The first kappa shape index (κ1) is 18.2. The fourth-order valence-electron chi connectivity index (χ4n) is 2.66. The standard InChI is InChI=1S/C13H23N3O4.ClH/c1-19-9-12(17)15-4-6-16(7-5-15)13(18)11-3-2-10(8-14)20-11;/h10-11H,2-9,14H2,1H3;1H/t10-,11+;/m1./s1. The van der Waals surface area contributed by atoms with Gasteiger partial charge in [-0.05, 0) is 12.8 Å². The Kier molecular flexibility index (Phi) is 7.37. The lowest BCUT2D eigenvalue weighted by atomic mass is 10.1. The van der Waals surface area contributed by atoms with Gasteiger partial charge in [0, 0.05) is 39.8 Å². The minimum absolute atomic E-state index is 0. The highest BCUT2D eigenvalue weighted by molar-refractivity contribution is 5.85. The molecule has 2 amide bonds. The van der Waals surface area contributed by atoms with Crippen molar-refractivity contribution in [2.24, 2.45) is 5.73 Å². The number of carbonyl (C=O) groups is 2. The number of amides is 2. The minimum atomic E-state index is -0.357. The molecule has 0 aliphatic carbocycles. The van der Waals surface area contributed by atoms with Crippen LogP contribution in [0.25, 0.3) is 0 Å². The third-order valence-corrected chi connectivity index (χ3v) is 3.86. The molecule has 0 radical (unpaired) electrons. The maximum atomic E-state index is 12.3. The van der Waals surface area contributed by atoms with E-state index >= 15 is 0 Å². The quantitative estimate of drug-likeness (QED) is 0.735. The minimum Gasteiger partial charge on any atom is -0.375 e. The molecular formula is C13H24ClN3O4. The molecule has 8 heteroatoms. The van der Waals surface area contributed by atoms with Gasteiger partial charge in [-0.3, -0.25) is 9.59 Å². The van der Waals surface area contributed by atoms with Crippen molar-refractivity contribution in [2.75, 3.05) is 46.4 Å². The monoisotopic (exact) mass is 321 g/mol. The summed E-state index contributed by atoms with van der Waals surface area (Å²) in [5.41, 5.74) is 5.55. The molecular weight excluding hydrogens is 298 g/mol. The molecule has 122 valence electrons. The second-order valence-electron chi connectivity index (χ2n) is 5.20. The zero-order valence-corrected chi connectivity index (χ0v) is 13.1. The lowest BCUT2D eigenvalue weighted by Crippen LogP contribution is -2.53. The van der Waals surface area contributed by atoms with E-state index in [1.54, 1.807) is 9.80 Å². The van der Waals surface area contributed by atoms with Crippen LogP contribution in [0.4, 0.5) is 0 Å². The predicted molar refractivity (Wildman–Crippen MR) is 79.2 cm³/mol. The third-order valence-electron chi connectivity index (χ3n) is 3.86. The van der Waals surface area contributed by atoms with Crippen molar-refractivity contribution >= 4 is 24.2 Å². The number of rotatable bonds is 4. The first-order valence-corrected chi connectivity index (χ1v) is 7.06. The van der Waals surface area contributed by atoms with Gasteiger partial charge in [-0.15, -0.1) is 12.4 Å². The number of ether oxygens (including phenoxy) is 2. The molecule has 2 fully saturated rings. The molecule has 2 saturated heterocycles. The molecule has 0 bridgehead atoms. The number of carbonyl (C=O) groups excluding carboxylic acids is 2. The first-order valence-electron chi connectivity index (χ1n) is 7.06. The SMILES string of the molecule is COCC(=O)N1CCN(C(=O)[C@@H]2CC[C@H](CN)O2)CC1.Cl. The highest BCUT2D eigenvalue weighted by Crippen LogP contribution is 2.21. The van der Waals surface area contributed by atoms with Crippen molar-refractivity contribution in [3.8, 4) is 0 Å². The van der Waals surface area contributed by atoms with Gasteiger partial charge in [-0.25, -0.2) is 0 Å². The molecule has 0 aromatic carbocycles. The van der Waals surface area contributed by atoms with E-state index < -0.39 is 0 Å². The maximum Gasteiger partial charge on any atom is 0.251 e. The molecule has 7 nitrogen and oxygen atoms in total. The number of halogens is 1. The van der Waals surface area contributed by atoms with E-state index in [4.69, 9.17) is 15.2 Å². The van der Waals surface area contributed by atoms with E-state index in [2.05, 4.69) is 0 Å². The topological polar surface area (TPSA) is 85.1 Å². The van der Waals surface area contributed by atoms with E-state index in [0.717, 1.165) is 12.8 Å². The zero-order chi connectivity index (χ0) is 14.5. The normalized spacial score (nSPS) is 25.6. The lowest BCUT2D eigenvalue weighted by molar-refractivity contribution is -0.148. The molecule has 0 saturated carbocycles. The summed E-state index contributed by atoms with van der Waals surface area (Å²) in [7, 11) is 1.50. The summed E-state index contributed by atoms with van der Waals surface area (Å²) in [4.78, 5) is 27.5. The van der Waals surface area contributed by atoms with Crippen molar-refractivity contribution < 1.29 is 19.1 Å². The molecule has 21 heavy (non-hydrogen) atoms. The van der Waals surface area contributed by atoms with Crippen molar-refractivity contribution in [1.29, 1.82) is 0 Å². The van der Waals surface area contributed by atoms with Crippen molar-refractivity contribution in [3.05, 3.63) is 0 Å². The van der Waals surface area contributed by atoms with Crippen LogP contribution in [0.15, 0.2) is 0 Å². The molecule has 0 aromatic rings. The van der Waals surface area contributed by atoms with E-state index in [-0.39, 0.29) is 43.0 Å². The van der Waals surface area contributed by atoms with E-state index in [1.165, 1.54) is 7.11 Å². The maximum absolute atomic E-state index is 12.3. The lowest BCUT2D eigenvalue weighted by Gasteiger charge is -2.35. The second-order valence-corrected chi connectivity index (χ2v) is 5.20. The number of hydrogen-bond donors (Lipinski definition) is 1. The van der Waals surface area contributed by atoms with Gasteiger partial charge < -0.3 is 25.0 Å². The van der Waals surface area contributed by atoms with Gasteiger partial charge in [-0.1, -0.05) is 0 Å². The van der Waals surface area contributed by atoms with Crippen molar-refractivity contribution in [3.63, 3.8) is 0 Å². The highest BCUT2D eigenvalue weighted by Gasteiger charge is 2.34. The summed E-state index contributed by atoms with van der Waals surface area (Å²) in [5, 5.41) is 0. The van der Waals surface area contributed by atoms with Gasteiger partial charge in [0.25, 0.3) is 5.91 Å². The van der Waals surface area contributed by atoms with Crippen LogP contribution in [0.5, 0.6) is 0 Å². The summed E-state index contributed by atoms with van der Waals surface area (Å²) in [6, 6.07) is 0. The summed E-state index contributed by atoms with van der Waals surface area (Å²) in [5.74, 6) is -0.000276. The average molecular weight is 322 g/mol. The molecule has 2 N–H and O–H groups in total. The van der Waals surface area contributed by atoms with Crippen LogP contribution in [0.2, 0.25) is 0 Å². The Bertz CT molecular complexity index is 361. The largest absolute Gasteiger partial charge is 0.375 e. The Morgan fingerprint density at radius 2 is 1.81 bits per heavy atom. The van der Waals surface area contributed by atoms with E-state index in [0.29, 0.717) is 32.7 Å².